The number of aromatic nitrogens is 7. The molecule has 4 heterocycles. The zero-order valence-electron chi connectivity index (χ0n) is 21.1. The maximum Gasteiger partial charge on any atom is 0.264 e. The van der Waals surface area contributed by atoms with Gasteiger partial charge in [0.15, 0.2) is 5.65 Å². The second-order valence-electron chi connectivity index (χ2n) is 9.75. The van der Waals surface area contributed by atoms with Gasteiger partial charge in [-0.1, -0.05) is 0 Å². The standard InChI is InChI=1S/C27H25FN8O3/c1-18-29-17-35(32-18)21-6-8-22(9-7-21)36-24-23(14-31-36)26(38)34(16-30-24)15-27(39)10-12-33(13-11-27)25(37)19-2-4-20(28)5-3-19/h2-9,14,16-17,39H,10-13,15H2,1H3. The van der Waals surface area contributed by atoms with Gasteiger partial charge < -0.3 is 10.0 Å². The summed E-state index contributed by atoms with van der Waals surface area (Å²) >= 11 is 0. The quantitative estimate of drug-likeness (QED) is 0.371. The van der Waals surface area contributed by atoms with E-state index in [2.05, 4.69) is 20.2 Å². The minimum absolute atomic E-state index is 0.0462. The Morgan fingerprint density at radius 1 is 1.00 bits per heavy atom. The molecule has 3 aromatic heterocycles. The van der Waals surface area contributed by atoms with Gasteiger partial charge in [-0.25, -0.2) is 23.7 Å². The first-order valence-corrected chi connectivity index (χ1v) is 12.5. The minimum Gasteiger partial charge on any atom is -0.388 e. The lowest BCUT2D eigenvalue weighted by Gasteiger charge is -2.38. The molecular formula is C27H25FN8O3. The third kappa shape index (κ3) is 4.70. The van der Waals surface area contributed by atoms with Crippen molar-refractivity contribution >= 4 is 16.9 Å². The van der Waals surface area contributed by atoms with Crippen molar-refractivity contribution < 1.29 is 14.3 Å². The van der Waals surface area contributed by atoms with Crippen LogP contribution in [0, 0.1) is 12.7 Å². The summed E-state index contributed by atoms with van der Waals surface area (Å²) in [5.74, 6) is 0.0535. The van der Waals surface area contributed by atoms with Crippen LogP contribution in [0.5, 0.6) is 0 Å². The molecule has 198 valence electrons. The first-order valence-electron chi connectivity index (χ1n) is 12.5. The number of nitrogens with zero attached hydrogens (tertiary/aromatic N) is 8. The lowest BCUT2D eigenvalue weighted by atomic mass is 9.91. The van der Waals surface area contributed by atoms with Crippen LogP contribution in [0.15, 0.2) is 72.2 Å². The fourth-order valence-electron chi connectivity index (χ4n) is 4.84. The Morgan fingerprint density at radius 3 is 2.36 bits per heavy atom. The summed E-state index contributed by atoms with van der Waals surface area (Å²) < 4.78 is 17.8. The molecule has 0 saturated carbocycles. The zero-order valence-corrected chi connectivity index (χ0v) is 21.1. The fraction of sp³-hybridized carbons (Fsp3) is 0.259. The number of carbonyl (C=O) groups excluding carboxylic acids is 1. The van der Waals surface area contributed by atoms with Crippen LogP contribution in [0.2, 0.25) is 0 Å². The number of fused-ring (bicyclic) bond motifs is 1. The number of aliphatic hydroxyl groups is 1. The van der Waals surface area contributed by atoms with Crippen molar-refractivity contribution in [3.63, 3.8) is 0 Å². The number of likely N-dealkylation sites (tertiary alicyclic amines) is 1. The minimum atomic E-state index is -1.18. The van der Waals surface area contributed by atoms with Crippen molar-refractivity contribution in [2.75, 3.05) is 13.1 Å². The van der Waals surface area contributed by atoms with E-state index in [1.54, 1.807) is 20.6 Å². The van der Waals surface area contributed by atoms with Gasteiger partial charge in [0.1, 0.15) is 29.7 Å². The van der Waals surface area contributed by atoms with E-state index in [-0.39, 0.29) is 18.0 Å². The van der Waals surface area contributed by atoms with E-state index in [0.29, 0.717) is 48.4 Å². The third-order valence-corrected chi connectivity index (χ3v) is 7.06. The number of rotatable bonds is 5. The second kappa shape index (κ2) is 9.55. The number of piperidine rings is 1. The summed E-state index contributed by atoms with van der Waals surface area (Å²) in [6.07, 6.45) is 5.12. The number of benzene rings is 2. The predicted molar refractivity (Wildman–Crippen MR) is 139 cm³/mol. The molecular weight excluding hydrogens is 503 g/mol. The normalized spacial score (nSPS) is 15.1. The van der Waals surface area contributed by atoms with Gasteiger partial charge >= 0.3 is 0 Å². The van der Waals surface area contributed by atoms with Crippen molar-refractivity contribution in [2.24, 2.45) is 0 Å². The van der Waals surface area contributed by atoms with E-state index >= 15 is 0 Å². The predicted octanol–water partition coefficient (Wildman–Crippen LogP) is 2.28. The van der Waals surface area contributed by atoms with E-state index < -0.39 is 11.4 Å². The van der Waals surface area contributed by atoms with Crippen molar-refractivity contribution in [1.29, 1.82) is 0 Å². The maximum atomic E-state index is 13.3. The molecule has 1 saturated heterocycles. The Balaban J connectivity index is 1.17. The Kier molecular flexibility index (Phi) is 6.03. The molecule has 0 atom stereocenters. The number of hydrogen-bond donors (Lipinski definition) is 1. The summed E-state index contributed by atoms with van der Waals surface area (Å²) in [6, 6.07) is 12.9. The smallest absolute Gasteiger partial charge is 0.264 e. The van der Waals surface area contributed by atoms with Gasteiger partial charge in [-0.15, -0.1) is 0 Å². The number of hydrogen-bond acceptors (Lipinski definition) is 7. The highest BCUT2D eigenvalue weighted by Crippen LogP contribution is 2.25. The Bertz CT molecular complexity index is 1710. The summed E-state index contributed by atoms with van der Waals surface area (Å²) in [5, 5.41) is 20.2. The summed E-state index contributed by atoms with van der Waals surface area (Å²) in [4.78, 5) is 36.2. The molecule has 1 amide bonds. The molecule has 12 heteroatoms. The van der Waals surface area contributed by atoms with Gasteiger partial charge in [0.05, 0.1) is 29.7 Å². The summed E-state index contributed by atoms with van der Waals surface area (Å²) in [5.41, 5.74) is 0.890. The van der Waals surface area contributed by atoms with E-state index in [1.807, 2.05) is 31.2 Å². The molecule has 0 radical (unpaired) electrons. The van der Waals surface area contributed by atoms with Crippen LogP contribution in [0.25, 0.3) is 22.4 Å². The number of halogens is 1. The maximum absolute atomic E-state index is 13.3. The molecule has 1 aliphatic rings. The highest BCUT2D eigenvalue weighted by Gasteiger charge is 2.35. The van der Waals surface area contributed by atoms with Gasteiger partial charge in [-0.2, -0.15) is 10.2 Å². The Labute approximate surface area is 221 Å². The van der Waals surface area contributed by atoms with E-state index in [9.17, 15) is 19.1 Å². The monoisotopic (exact) mass is 528 g/mol. The highest BCUT2D eigenvalue weighted by molar-refractivity contribution is 5.94. The molecule has 6 rings (SSSR count). The van der Waals surface area contributed by atoms with E-state index in [1.165, 1.54) is 41.4 Å². The van der Waals surface area contributed by atoms with Crippen LogP contribution in [0.4, 0.5) is 4.39 Å². The van der Waals surface area contributed by atoms with Crippen molar-refractivity contribution in [3.8, 4) is 11.4 Å². The summed E-state index contributed by atoms with van der Waals surface area (Å²) in [6.45, 7) is 2.50. The second-order valence-corrected chi connectivity index (χ2v) is 9.75. The van der Waals surface area contributed by atoms with Crippen LogP contribution >= 0.6 is 0 Å². The molecule has 1 fully saturated rings. The average Bonchev–Trinajstić information content (AvgIpc) is 3.58. The number of carbonyl (C=O) groups is 1. The Morgan fingerprint density at radius 2 is 1.69 bits per heavy atom. The van der Waals surface area contributed by atoms with Crippen LogP contribution in [-0.4, -0.2) is 68.7 Å². The van der Waals surface area contributed by atoms with E-state index in [4.69, 9.17) is 0 Å². The van der Waals surface area contributed by atoms with E-state index in [0.717, 1.165) is 11.4 Å². The van der Waals surface area contributed by atoms with Crippen LogP contribution < -0.4 is 5.56 Å². The topological polar surface area (TPSA) is 124 Å². The number of aryl methyl sites for hydroxylation is 1. The lowest BCUT2D eigenvalue weighted by molar-refractivity contribution is -0.0299. The first-order chi connectivity index (χ1) is 18.8. The molecule has 1 N–H and O–H groups in total. The zero-order chi connectivity index (χ0) is 27.1. The molecule has 1 aliphatic heterocycles. The SMILES string of the molecule is Cc1ncn(-c2ccc(-n3ncc4c(=O)n(CC5(O)CCN(C(=O)c6ccc(F)cc6)CC5)cnc43)cc2)n1. The van der Waals surface area contributed by atoms with Crippen LogP contribution in [0.3, 0.4) is 0 Å². The lowest BCUT2D eigenvalue weighted by Crippen LogP contribution is -2.49. The molecule has 11 nitrogen and oxygen atoms in total. The fourth-order valence-corrected chi connectivity index (χ4v) is 4.84. The molecule has 5 aromatic rings. The molecule has 39 heavy (non-hydrogen) atoms. The van der Waals surface area contributed by atoms with Gasteiger partial charge in [-0.05, 0) is 68.3 Å². The van der Waals surface area contributed by atoms with Gasteiger partial charge in [0.25, 0.3) is 11.5 Å². The van der Waals surface area contributed by atoms with Crippen LogP contribution in [-0.2, 0) is 6.54 Å². The first kappa shape index (κ1) is 24.6. The van der Waals surface area contributed by atoms with Crippen molar-refractivity contribution in [2.45, 2.75) is 31.9 Å². The third-order valence-electron chi connectivity index (χ3n) is 7.06. The molecule has 0 unspecified atom stereocenters. The van der Waals surface area contributed by atoms with Crippen LogP contribution in [0.1, 0.15) is 29.0 Å². The van der Waals surface area contributed by atoms with Crippen molar-refractivity contribution in [1.82, 2.24) is 39.0 Å². The number of amides is 1. The molecule has 2 aromatic carbocycles. The highest BCUT2D eigenvalue weighted by atomic mass is 19.1. The van der Waals surface area contributed by atoms with Crippen molar-refractivity contribution in [3.05, 3.63) is 94.9 Å². The molecule has 0 spiro atoms. The Hall–Kier alpha value is -4.71. The molecule has 0 aliphatic carbocycles. The van der Waals surface area contributed by atoms with Gasteiger partial charge in [0.2, 0.25) is 0 Å². The van der Waals surface area contributed by atoms with Gasteiger partial charge in [0, 0.05) is 18.7 Å². The summed E-state index contributed by atoms with van der Waals surface area (Å²) in [7, 11) is 0. The molecule has 0 bridgehead atoms. The van der Waals surface area contributed by atoms with Gasteiger partial charge in [-0.3, -0.25) is 14.2 Å². The largest absolute Gasteiger partial charge is 0.388 e. The average molecular weight is 529 g/mol.